The van der Waals surface area contributed by atoms with Crippen LogP contribution in [0.1, 0.15) is 113 Å². The molecule has 0 atom stereocenters. The summed E-state index contributed by atoms with van der Waals surface area (Å²) in [7, 11) is 0. The summed E-state index contributed by atoms with van der Waals surface area (Å²) < 4.78 is 16.6. The van der Waals surface area contributed by atoms with Gasteiger partial charge in [0.2, 0.25) is 0 Å². The summed E-state index contributed by atoms with van der Waals surface area (Å²) in [6.45, 7) is 14.4. The van der Waals surface area contributed by atoms with E-state index >= 15 is 0 Å². The van der Waals surface area contributed by atoms with Crippen LogP contribution in [0, 0.1) is 0 Å². The first-order chi connectivity index (χ1) is 26.6. The van der Waals surface area contributed by atoms with E-state index in [0.29, 0.717) is 0 Å². The lowest BCUT2D eigenvalue weighted by atomic mass is 9.74. The predicted molar refractivity (Wildman–Crippen MR) is 257 cm³/mol. The van der Waals surface area contributed by atoms with Crippen molar-refractivity contribution in [1.29, 1.82) is 0 Å². The van der Waals surface area contributed by atoms with E-state index in [1.165, 1.54) is 56.4 Å². The van der Waals surface area contributed by atoms with E-state index in [9.17, 15) is 0 Å². The average molecular weight is 895 g/mol. The predicted octanol–water partition coefficient (Wildman–Crippen LogP) is 18.6. The highest BCUT2D eigenvalue weighted by molar-refractivity contribution is 7.32. The van der Waals surface area contributed by atoms with Crippen molar-refractivity contribution in [3.8, 4) is 0 Å². The number of hydrogen-bond acceptors (Lipinski definition) is 6. The third kappa shape index (κ3) is 5.78. The van der Waals surface area contributed by atoms with Crippen LogP contribution >= 0.6 is 103 Å². The van der Waals surface area contributed by atoms with E-state index in [2.05, 4.69) is 114 Å². The van der Waals surface area contributed by atoms with E-state index in [0.717, 1.165) is 38.5 Å². The maximum absolute atomic E-state index is 4.81. The van der Waals surface area contributed by atoms with Crippen LogP contribution in [0.2, 0.25) is 0 Å². The molecule has 0 saturated carbocycles. The first-order valence-corrected chi connectivity index (χ1v) is 25.6. The Labute approximate surface area is 362 Å². The van der Waals surface area contributed by atoms with Crippen LogP contribution in [0.15, 0.2) is 72.8 Å². The Bertz CT molecular complexity index is 2370. The Kier molecular flexibility index (Phi) is 10.2. The van der Waals surface area contributed by atoms with Gasteiger partial charge in [-0.25, -0.2) is 0 Å². The minimum Gasteiger partial charge on any atom is -0.135 e. The summed E-state index contributed by atoms with van der Waals surface area (Å²) in [5.41, 5.74) is 9.67. The lowest BCUT2D eigenvalue weighted by Gasteiger charge is -2.28. The Hall–Kier alpha value is -1.71. The van der Waals surface area contributed by atoms with E-state index in [1.54, 1.807) is 33.4 Å². The highest BCUT2D eigenvalue weighted by Gasteiger charge is 2.42. The first kappa shape index (κ1) is 38.8. The SMILES string of the molecule is CCC1(CC)c2cc3ccc4cc5c(s4)c4sc(ccc6cc7c(s6)c6sc(ccc8cc1c(s8)c2s3)cc6C7(CC)CC)cc4C5(CC)CC.ClC(Cl)Cl. The number of halogens is 3. The largest absolute Gasteiger partial charge is 0.180 e. The molecule has 0 radical (unpaired) electrons. The van der Waals surface area contributed by atoms with Gasteiger partial charge in [0.05, 0.1) is 0 Å². The Balaban J connectivity index is 0.000000949. The highest BCUT2D eigenvalue weighted by Crippen LogP contribution is 2.58. The van der Waals surface area contributed by atoms with Crippen molar-refractivity contribution in [2.24, 2.45) is 0 Å². The smallest absolute Gasteiger partial charge is 0.135 e. The molecule has 0 aliphatic heterocycles. The Morgan fingerprint density at radius 1 is 0.345 bits per heavy atom. The molecule has 0 fully saturated rings. The van der Waals surface area contributed by atoms with Crippen LogP contribution in [-0.2, 0) is 16.2 Å². The molecular formula is C46H43Cl3S6. The van der Waals surface area contributed by atoms with E-state index in [4.69, 9.17) is 34.8 Å². The molecule has 284 valence electrons. The van der Waals surface area contributed by atoms with Gasteiger partial charge >= 0.3 is 0 Å². The Morgan fingerprint density at radius 3 is 0.618 bits per heavy atom. The lowest BCUT2D eigenvalue weighted by Crippen LogP contribution is -2.22. The molecule has 0 N–H and O–H groups in total. The second kappa shape index (κ2) is 14.5. The monoisotopic (exact) mass is 892 g/mol. The van der Waals surface area contributed by atoms with Crippen LogP contribution < -0.4 is 0 Å². The molecule has 7 aromatic heterocycles. The van der Waals surface area contributed by atoms with Crippen LogP contribution in [0.4, 0.5) is 0 Å². The quantitative estimate of drug-likeness (QED) is 0.146. The van der Waals surface area contributed by atoms with E-state index < -0.39 is 4.30 Å². The Morgan fingerprint density at radius 2 is 0.491 bits per heavy atom. The van der Waals surface area contributed by atoms with Gasteiger partial charge in [0.1, 0.15) is 0 Å². The number of fused-ring (bicyclic) bond motifs is 6. The molecule has 0 saturated heterocycles. The lowest BCUT2D eigenvalue weighted by molar-refractivity contribution is 0.493. The fourth-order valence-electron chi connectivity index (χ4n) is 10.1. The van der Waals surface area contributed by atoms with Crippen molar-refractivity contribution in [2.75, 3.05) is 0 Å². The molecule has 7 heterocycles. The van der Waals surface area contributed by atoms with Crippen LogP contribution in [-0.4, -0.2) is 4.30 Å². The maximum atomic E-state index is 4.81. The molecule has 7 aromatic rings. The van der Waals surface area contributed by atoms with Crippen LogP contribution in [0.3, 0.4) is 0 Å². The van der Waals surface area contributed by atoms with Gasteiger partial charge in [0.25, 0.3) is 0 Å². The summed E-state index contributed by atoms with van der Waals surface area (Å²) in [6.07, 6.45) is 6.81. The average Bonchev–Trinajstić information content (AvgIpc) is 4.03. The van der Waals surface area contributed by atoms with Crippen molar-refractivity contribution in [3.63, 3.8) is 0 Å². The minimum atomic E-state index is -0.750. The molecule has 0 spiro atoms. The minimum absolute atomic E-state index is 0.106. The molecule has 0 aromatic carbocycles. The van der Waals surface area contributed by atoms with Gasteiger partial charge in [0, 0.05) is 72.6 Å². The molecular weight excluding hydrogens is 851 g/mol. The molecule has 3 aliphatic carbocycles. The standard InChI is InChI=1S/C45H42S6.CHCl3/c1-7-43(8-2)31-19-25-13-15-27-21-33-39(48-27)41-35(44(33,9-3)10-4)23-29(50-41)17-18-30-24-36-42(51-30)40-34(45(36,11-5)12-6)22-28(49-40)16-14-26-20-32(43)38(47-26)37(31)46-25;2-1(3)4/h13-24H,7-12H2,1-6H3;1H. The van der Waals surface area contributed by atoms with Crippen molar-refractivity contribution in [1.82, 2.24) is 0 Å². The second-order valence-corrected chi connectivity index (χ2v) is 23.4. The molecule has 0 amide bonds. The number of hydrogen-bond donors (Lipinski definition) is 0. The highest BCUT2D eigenvalue weighted by atomic mass is 35.6. The topological polar surface area (TPSA) is 0 Å². The fraction of sp³-hybridized carbons (Fsp3) is 0.348. The summed E-state index contributed by atoms with van der Waals surface area (Å²) in [4.78, 5) is 0. The van der Waals surface area contributed by atoms with Crippen molar-refractivity contribution >= 4 is 159 Å². The van der Waals surface area contributed by atoms with Gasteiger partial charge < -0.3 is 0 Å². The zero-order chi connectivity index (χ0) is 38.4. The molecule has 55 heavy (non-hydrogen) atoms. The van der Waals surface area contributed by atoms with Crippen LogP contribution in [0.5, 0.6) is 0 Å². The van der Waals surface area contributed by atoms with Crippen LogP contribution in [0.25, 0.3) is 56.4 Å². The van der Waals surface area contributed by atoms with E-state index in [-0.39, 0.29) is 16.2 Å². The molecule has 0 unspecified atom stereocenters. The second-order valence-electron chi connectivity index (χ2n) is 15.0. The summed E-state index contributed by atoms with van der Waals surface area (Å²) in [6, 6.07) is 29.6. The van der Waals surface area contributed by atoms with Crippen molar-refractivity contribution in [2.45, 2.75) is 101 Å². The molecule has 3 aliphatic rings. The summed E-state index contributed by atoms with van der Waals surface area (Å²) in [5, 5.41) is 0. The third-order valence-electron chi connectivity index (χ3n) is 13.1. The fourth-order valence-corrected chi connectivity index (χ4v) is 17.5. The number of alkyl halides is 3. The number of thiophene rings is 6. The van der Waals surface area contributed by atoms with Gasteiger partial charge in [-0.05, 0) is 145 Å². The van der Waals surface area contributed by atoms with E-state index in [1.807, 2.05) is 68.0 Å². The van der Waals surface area contributed by atoms with Crippen molar-refractivity contribution in [3.05, 3.63) is 106 Å². The number of rotatable bonds is 6. The third-order valence-corrected chi connectivity index (χ3v) is 20.2. The zero-order valence-corrected chi connectivity index (χ0v) is 39.0. The van der Waals surface area contributed by atoms with Gasteiger partial charge in [-0.3, -0.25) is 0 Å². The van der Waals surface area contributed by atoms with Gasteiger partial charge in [-0.1, -0.05) is 76.3 Å². The summed E-state index contributed by atoms with van der Waals surface area (Å²) >= 11 is 26.4. The van der Waals surface area contributed by atoms with Gasteiger partial charge in [0.15, 0.2) is 4.30 Å². The summed E-state index contributed by atoms with van der Waals surface area (Å²) in [5.74, 6) is 0. The molecule has 10 rings (SSSR count). The van der Waals surface area contributed by atoms with Gasteiger partial charge in [-0.2, -0.15) is 0 Å². The molecule has 12 bridgehead atoms. The molecule has 0 nitrogen and oxygen atoms in total. The zero-order valence-electron chi connectivity index (χ0n) is 31.8. The normalized spacial score (nSPS) is 16.0. The van der Waals surface area contributed by atoms with Gasteiger partial charge in [-0.15, -0.1) is 68.0 Å². The van der Waals surface area contributed by atoms with Crippen molar-refractivity contribution < 1.29 is 0 Å². The maximum Gasteiger partial charge on any atom is 0.180 e. The molecule has 9 heteroatoms. The first-order valence-electron chi connectivity index (χ1n) is 19.4.